The molecule has 0 unspecified atom stereocenters. The number of aryl methyl sites for hydroxylation is 1. The molecule has 0 spiro atoms. The van der Waals surface area contributed by atoms with Crippen LogP contribution < -0.4 is 0 Å². The lowest BCUT2D eigenvalue weighted by Gasteiger charge is -1.95. The van der Waals surface area contributed by atoms with Gasteiger partial charge in [-0.25, -0.2) is 4.98 Å². The van der Waals surface area contributed by atoms with Crippen LogP contribution in [0.4, 0.5) is 0 Å². The van der Waals surface area contributed by atoms with Gasteiger partial charge in [0, 0.05) is 18.8 Å². The summed E-state index contributed by atoms with van der Waals surface area (Å²) in [6, 6.07) is 7.00. The number of aromatic hydroxyl groups is 1. The lowest BCUT2D eigenvalue weighted by Crippen LogP contribution is -1.78. The fraction of sp³-hybridized carbons (Fsp3) is 0.100. The van der Waals surface area contributed by atoms with E-state index in [0.717, 1.165) is 11.3 Å². The first-order chi connectivity index (χ1) is 6.25. The second kappa shape index (κ2) is 2.94. The van der Waals surface area contributed by atoms with Crippen LogP contribution in [-0.4, -0.2) is 14.7 Å². The maximum atomic E-state index is 9.08. The molecule has 0 amide bonds. The second-order valence-corrected chi connectivity index (χ2v) is 2.97. The second-order valence-electron chi connectivity index (χ2n) is 2.97. The first-order valence-electron chi connectivity index (χ1n) is 4.03. The highest BCUT2D eigenvalue weighted by molar-refractivity contribution is 5.58. The molecule has 1 aromatic heterocycles. The van der Waals surface area contributed by atoms with Crippen molar-refractivity contribution in [3.63, 3.8) is 0 Å². The van der Waals surface area contributed by atoms with Crippen LogP contribution in [0.2, 0.25) is 0 Å². The summed E-state index contributed by atoms with van der Waals surface area (Å²) in [7, 11) is 1.93. The minimum absolute atomic E-state index is 0.277. The molecule has 2 rings (SSSR count). The molecule has 0 atom stereocenters. The average Bonchev–Trinajstić information content (AvgIpc) is 2.53. The number of hydrogen-bond donors (Lipinski definition) is 1. The van der Waals surface area contributed by atoms with E-state index in [1.54, 1.807) is 18.5 Å². The van der Waals surface area contributed by atoms with Gasteiger partial charge in [0.2, 0.25) is 0 Å². The van der Waals surface area contributed by atoms with Gasteiger partial charge in [-0.1, -0.05) is 0 Å². The van der Waals surface area contributed by atoms with Gasteiger partial charge in [-0.2, -0.15) is 0 Å². The van der Waals surface area contributed by atoms with Crippen LogP contribution in [0.5, 0.6) is 5.75 Å². The Morgan fingerprint density at radius 2 is 1.92 bits per heavy atom. The normalized spacial score (nSPS) is 10.2. The Hall–Kier alpha value is -1.77. The lowest BCUT2D eigenvalue weighted by molar-refractivity contribution is 0.475. The van der Waals surface area contributed by atoms with Gasteiger partial charge in [0.05, 0.1) is 12.0 Å². The SMILES string of the molecule is Cn1cnc(-c2ccc(O)cc2)c1. The quantitative estimate of drug-likeness (QED) is 0.715. The molecule has 0 aliphatic heterocycles. The highest BCUT2D eigenvalue weighted by Gasteiger charge is 1.99. The van der Waals surface area contributed by atoms with E-state index in [4.69, 9.17) is 5.11 Å². The maximum absolute atomic E-state index is 9.08. The molecule has 1 N–H and O–H groups in total. The fourth-order valence-corrected chi connectivity index (χ4v) is 1.19. The average molecular weight is 174 g/mol. The third kappa shape index (κ3) is 1.54. The third-order valence-corrected chi connectivity index (χ3v) is 1.87. The Bertz CT molecular complexity index is 403. The predicted molar refractivity (Wildman–Crippen MR) is 50.3 cm³/mol. The molecule has 3 heteroatoms. The van der Waals surface area contributed by atoms with Crippen molar-refractivity contribution in [2.45, 2.75) is 0 Å². The van der Waals surface area contributed by atoms with Crippen molar-refractivity contribution in [3.05, 3.63) is 36.8 Å². The largest absolute Gasteiger partial charge is 0.508 e. The summed E-state index contributed by atoms with van der Waals surface area (Å²) in [5, 5.41) is 9.08. The number of hydrogen-bond acceptors (Lipinski definition) is 2. The van der Waals surface area contributed by atoms with Crippen LogP contribution in [-0.2, 0) is 7.05 Å². The zero-order valence-corrected chi connectivity index (χ0v) is 7.31. The molecular formula is C10H10N2O. The van der Waals surface area contributed by atoms with Crippen molar-refractivity contribution in [1.29, 1.82) is 0 Å². The number of aromatic nitrogens is 2. The third-order valence-electron chi connectivity index (χ3n) is 1.87. The highest BCUT2D eigenvalue weighted by Crippen LogP contribution is 2.19. The smallest absolute Gasteiger partial charge is 0.115 e. The Morgan fingerprint density at radius 1 is 1.23 bits per heavy atom. The summed E-state index contributed by atoms with van der Waals surface area (Å²) in [6.45, 7) is 0. The van der Waals surface area contributed by atoms with E-state index in [9.17, 15) is 0 Å². The molecule has 0 saturated heterocycles. The summed E-state index contributed by atoms with van der Waals surface area (Å²) in [6.07, 6.45) is 3.69. The van der Waals surface area contributed by atoms with Crippen LogP contribution >= 0.6 is 0 Å². The van der Waals surface area contributed by atoms with E-state index in [-0.39, 0.29) is 5.75 Å². The number of benzene rings is 1. The van der Waals surface area contributed by atoms with Crippen LogP contribution in [0.3, 0.4) is 0 Å². The van der Waals surface area contributed by atoms with Crippen molar-refractivity contribution in [1.82, 2.24) is 9.55 Å². The number of nitrogens with zero attached hydrogens (tertiary/aromatic N) is 2. The van der Waals surface area contributed by atoms with Crippen molar-refractivity contribution in [2.75, 3.05) is 0 Å². The van der Waals surface area contributed by atoms with Crippen molar-refractivity contribution in [3.8, 4) is 17.0 Å². The molecule has 0 aliphatic rings. The minimum Gasteiger partial charge on any atom is -0.508 e. The fourth-order valence-electron chi connectivity index (χ4n) is 1.19. The van der Waals surface area contributed by atoms with Crippen LogP contribution in [0, 0.1) is 0 Å². The molecule has 0 aliphatic carbocycles. The van der Waals surface area contributed by atoms with E-state index in [2.05, 4.69) is 4.98 Å². The first kappa shape index (κ1) is 7.86. The molecule has 2 aromatic rings. The van der Waals surface area contributed by atoms with Crippen LogP contribution in [0.1, 0.15) is 0 Å². The van der Waals surface area contributed by atoms with E-state index < -0.39 is 0 Å². The van der Waals surface area contributed by atoms with Crippen LogP contribution in [0.25, 0.3) is 11.3 Å². The molecule has 1 heterocycles. The van der Waals surface area contributed by atoms with Gasteiger partial charge in [-0.05, 0) is 24.3 Å². The molecule has 0 radical (unpaired) electrons. The number of phenols is 1. The summed E-state index contributed by atoms with van der Waals surface area (Å²) in [5.74, 6) is 0.277. The standard InChI is InChI=1S/C10H10N2O/c1-12-6-10(11-7-12)8-2-4-9(13)5-3-8/h2-7,13H,1H3. The Kier molecular flexibility index (Phi) is 1.77. The van der Waals surface area contributed by atoms with E-state index >= 15 is 0 Å². The predicted octanol–water partition coefficient (Wildman–Crippen LogP) is 1.79. The molecule has 66 valence electrons. The lowest BCUT2D eigenvalue weighted by atomic mass is 10.2. The zero-order chi connectivity index (χ0) is 9.26. The Balaban J connectivity index is 2.41. The number of imidazole rings is 1. The molecule has 0 saturated carbocycles. The van der Waals surface area contributed by atoms with Gasteiger partial charge in [-0.3, -0.25) is 0 Å². The Labute approximate surface area is 76.3 Å². The van der Waals surface area contributed by atoms with Crippen molar-refractivity contribution in [2.24, 2.45) is 7.05 Å². The van der Waals surface area contributed by atoms with E-state index in [0.29, 0.717) is 0 Å². The van der Waals surface area contributed by atoms with Gasteiger partial charge in [0.15, 0.2) is 0 Å². The maximum Gasteiger partial charge on any atom is 0.115 e. The topological polar surface area (TPSA) is 38.0 Å². The van der Waals surface area contributed by atoms with Gasteiger partial charge in [-0.15, -0.1) is 0 Å². The highest BCUT2D eigenvalue weighted by atomic mass is 16.3. The van der Waals surface area contributed by atoms with Gasteiger partial charge in [0.25, 0.3) is 0 Å². The van der Waals surface area contributed by atoms with E-state index in [1.807, 2.05) is 29.9 Å². The van der Waals surface area contributed by atoms with Gasteiger partial charge >= 0.3 is 0 Å². The zero-order valence-electron chi connectivity index (χ0n) is 7.31. The molecule has 1 aromatic carbocycles. The minimum atomic E-state index is 0.277. The van der Waals surface area contributed by atoms with Crippen molar-refractivity contribution < 1.29 is 5.11 Å². The van der Waals surface area contributed by atoms with E-state index in [1.165, 1.54) is 0 Å². The van der Waals surface area contributed by atoms with Crippen LogP contribution in [0.15, 0.2) is 36.8 Å². The number of rotatable bonds is 1. The summed E-state index contributed by atoms with van der Waals surface area (Å²) in [5.41, 5.74) is 1.93. The summed E-state index contributed by atoms with van der Waals surface area (Å²) in [4.78, 5) is 4.20. The summed E-state index contributed by atoms with van der Waals surface area (Å²) >= 11 is 0. The monoisotopic (exact) mass is 174 g/mol. The molecule has 3 nitrogen and oxygen atoms in total. The Morgan fingerprint density at radius 3 is 2.46 bits per heavy atom. The number of phenolic OH excluding ortho intramolecular Hbond substituents is 1. The molecule has 0 fully saturated rings. The van der Waals surface area contributed by atoms with Gasteiger partial charge < -0.3 is 9.67 Å². The van der Waals surface area contributed by atoms with Gasteiger partial charge in [0.1, 0.15) is 5.75 Å². The molecule has 0 bridgehead atoms. The molecule has 13 heavy (non-hydrogen) atoms. The molecular weight excluding hydrogens is 164 g/mol. The summed E-state index contributed by atoms with van der Waals surface area (Å²) < 4.78 is 1.89. The first-order valence-corrected chi connectivity index (χ1v) is 4.03. The van der Waals surface area contributed by atoms with Crippen molar-refractivity contribution >= 4 is 0 Å².